The van der Waals surface area contributed by atoms with Gasteiger partial charge in [-0.2, -0.15) is 0 Å². The molecule has 4 aliphatic carbocycles. The van der Waals surface area contributed by atoms with Crippen LogP contribution in [0.1, 0.15) is 72.1 Å². The highest BCUT2D eigenvalue weighted by molar-refractivity contribution is 5.71. The number of hydrogen-bond acceptors (Lipinski definition) is 7. The SMILES string of the molecule is CCOC(=O)CNCCO[C@]1(OC)CC[C@]23CC1C[C@@H]2CC[C@H]1[C@](C)(CO)[C@H](O)CC[C@@]13C. The molecule has 33 heavy (non-hydrogen) atoms. The standard InChI is InChI=1S/C26H45NO6/c1-5-32-22(30)16-27-12-13-33-26(31-4)11-10-25-15-19(26)14-18(25)6-7-20-23(2,17-28)21(29)8-9-24(20,25)3/h18-21,27-29H,5-17H2,1-4H3/t18-,19?,20-,21+,23-,24-,25-,26+/m0/s1. The van der Waals surface area contributed by atoms with Crippen LogP contribution in [0.25, 0.3) is 0 Å². The summed E-state index contributed by atoms with van der Waals surface area (Å²) in [5, 5.41) is 24.3. The number of ether oxygens (including phenoxy) is 3. The van der Waals surface area contributed by atoms with Gasteiger partial charge in [0.15, 0.2) is 5.79 Å². The number of rotatable bonds is 9. The second-order valence-electron chi connectivity index (χ2n) is 11.6. The van der Waals surface area contributed by atoms with Crippen LogP contribution in [0.5, 0.6) is 0 Å². The molecule has 3 N–H and O–H groups in total. The Morgan fingerprint density at radius 3 is 2.61 bits per heavy atom. The Morgan fingerprint density at radius 2 is 1.91 bits per heavy atom. The predicted octanol–water partition coefficient (Wildman–Crippen LogP) is 2.87. The summed E-state index contributed by atoms with van der Waals surface area (Å²) in [6.45, 7) is 8.10. The lowest BCUT2D eigenvalue weighted by molar-refractivity contribution is -0.281. The van der Waals surface area contributed by atoms with Crippen molar-refractivity contribution in [3.63, 3.8) is 0 Å². The van der Waals surface area contributed by atoms with Crippen LogP contribution in [0.3, 0.4) is 0 Å². The van der Waals surface area contributed by atoms with Crippen molar-refractivity contribution in [2.24, 2.45) is 34.0 Å². The predicted molar refractivity (Wildman–Crippen MR) is 124 cm³/mol. The number of hydrogen-bond donors (Lipinski definition) is 3. The zero-order valence-electron chi connectivity index (χ0n) is 21.0. The Balaban J connectivity index is 1.45. The van der Waals surface area contributed by atoms with Gasteiger partial charge in [-0.05, 0) is 74.5 Å². The summed E-state index contributed by atoms with van der Waals surface area (Å²) in [5.74, 6) is 0.554. The van der Waals surface area contributed by atoms with E-state index in [1.165, 1.54) is 6.42 Å². The van der Waals surface area contributed by atoms with Crippen LogP contribution in [0.15, 0.2) is 0 Å². The molecule has 1 unspecified atom stereocenters. The minimum atomic E-state index is -0.561. The largest absolute Gasteiger partial charge is 0.465 e. The Morgan fingerprint density at radius 1 is 1.12 bits per heavy atom. The molecule has 4 fully saturated rings. The Hall–Kier alpha value is -0.730. The molecule has 0 heterocycles. The molecule has 8 atom stereocenters. The molecule has 0 amide bonds. The van der Waals surface area contributed by atoms with Crippen molar-refractivity contribution < 1.29 is 29.2 Å². The van der Waals surface area contributed by atoms with Gasteiger partial charge in [-0.3, -0.25) is 4.79 Å². The maximum Gasteiger partial charge on any atom is 0.319 e. The third-order valence-corrected chi connectivity index (χ3v) is 10.6. The lowest BCUT2D eigenvalue weighted by Gasteiger charge is -2.66. The molecule has 4 rings (SSSR count). The van der Waals surface area contributed by atoms with E-state index in [1.54, 1.807) is 14.0 Å². The van der Waals surface area contributed by atoms with Crippen molar-refractivity contribution >= 4 is 5.97 Å². The number of aliphatic hydroxyl groups is 2. The first-order valence-electron chi connectivity index (χ1n) is 13.1. The van der Waals surface area contributed by atoms with E-state index in [1.807, 2.05) is 0 Å². The average molecular weight is 468 g/mol. The molecule has 4 aliphatic rings. The lowest BCUT2D eigenvalue weighted by atomic mass is 9.39. The fraction of sp³-hybridized carbons (Fsp3) is 0.962. The number of esters is 1. The molecule has 0 aliphatic heterocycles. The molecule has 190 valence electrons. The van der Waals surface area contributed by atoms with E-state index in [0.717, 1.165) is 44.9 Å². The quantitative estimate of drug-likeness (QED) is 0.273. The monoisotopic (exact) mass is 467 g/mol. The molecule has 0 saturated heterocycles. The molecule has 0 radical (unpaired) electrons. The van der Waals surface area contributed by atoms with Crippen LogP contribution in [0, 0.1) is 34.0 Å². The highest BCUT2D eigenvalue weighted by Gasteiger charge is 2.71. The van der Waals surface area contributed by atoms with Crippen molar-refractivity contribution in [3.8, 4) is 0 Å². The fourth-order valence-corrected chi connectivity index (χ4v) is 8.82. The van der Waals surface area contributed by atoms with Crippen molar-refractivity contribution in [2.45, 2.75) is 84.0 Å². The van der Waals surface area contributed by atoms with Crippen molar-refractivity contribution in [1.82, 2.24) is 5.32 Å². The van der Waals surface area contributed by atoms with Gasteiger partial charge in [0.2, 0.25) is 0 Å². The summed E-state index contributed by atoms with van der Waals surface area (Å²) >= 11 is 0. The third kappa shape index (κ3) is 3.86. The van der Waals surface area contributed by atoms with Gasteiger partial charge in [0.05, 0.1) is 32.5 Å². The molecule has 7 nitrogen and oxygen atoms in total. The van der Waals surface area contributed by atoms with Crippen molar-refractivity contribution in [2.75, 3.05) is 40.0 Å². The first-order valence-corrected chi connectivity index (χ1v) is 13.1. The highest BCUT2D eigenvalue weighted by Crippen LogP contribution is 2.75. The van der Waals surface area contributed by atoms with E-state index >= 15 is 0 Å². The highest BCUT2D eigenvalue weighted by atomic mass is 16.7. The average Bonchev–Trinajstić information content (AvgIpc) is 3.14. The Bertz CT molecular complexity index is 719. The summed E-state index contributed by atoms with van der Waals surface area (Å²) in [6.07, 6.45) is 7.83. The van der Waals surface area contributed by atoms with Gasteiger partial charge in [-0.1, -0.05) is 13.8 Å². The second kappa shape index (κ2) is 9.38. The molecule has 2 bridgehead atoms. The number of fused-ring (bicyclic) bond motifs is 2. The molecule has 0 aromatic rings. The zero-order valence-corrected chi connectivity index (χ0v) is 21.0. The van der Waals surface area contributed by atoms with Gasteiger partial charge in [-0.25, -0.2) is 0 Å². The second-order valence-corrected chi connectivity index (χ2v) is 11.6. The topological polar surface area (TPSA) is 97.3 Å². The van der Waals surface area contributed by atoms with E-state index in [4.69, 9.17) is 14.2 Å². The van der Waals surface area contributed by atoms with Gasteiger partial charge in [-0.15, -0.1) is 0 Å². The zero-order chi connectivity index (χ0) is 23.9. The summed E-state index contributed by atoms with van der Waals surface area (Å²) in [6, 6.07) is 0. The fourth-order valence-electron chi connectivity index (χ4n) is 8.82. The van der Waals surface area contributed by atoms with Gasteiger partial charge in [0.25, 0.3) is 0 Å². The molecule has 0 aromatic carbocycles. The number of carbonyl (C=O) groups excluding carboxylic acids is 1. The summed E-state index contributed by atoms with van der Waals surface area (Å²) in [7, 11) is 1.77. The smallest absolute Gasteiger partial charge is 0.319 e. The van der Waals surface area contributed by atoms with Crippen molar-refractivity contribution in [1.29, 1.82) is 0 Å². The summed E-state index contributed by atoms with van der Waals surface area (Å²) in [5.41, 5.74) is -0.0468. The van der Waals surface area contributed by atoms with Crippen LogP contribution in [0.2, 0.25) is 0 Å². The molecule has 4 saturated carbocycles. The maximum absolute atomic E-state index is 11.5. The number of aliphatic hydroxyl groups excluding tert-OH is 2. The minimum Gasteiger partial charge on any atom is -0.465 e. The van der Waals surface area contributed by atoms with Gasteiger partial charge < -0.3 is 29.7 Å². The van der Waals surface area contributed by atoms with Crippen LogP contribution in [0.4, 0.5) is 0 Å². The van der Waals surface area contributed by atoms with Crippen LogP contribution < -0.4 is 5.32 Å². The first-order chi connectivity index (χ1) is 15.7. The van der Waals surface area contributed by atoms with E-state index < -0.39 is 17.3 Å². The van der Waals surface area contributed by atoms with E-state index in [-0.39, 0.29) is 30.0 Å². The summed E-state index contributed by atoms with van der Waals surface area (Å²) in [4.78, 5) is 11.5. The molecular formula is C26H45NO6. The molecular weight excluding hydrogens is 422 g/mol. The Kier molecular flexibility index (Phi) is 7.21. The molecule has 1 spiro atoms. The maximum atomic E-state index is 11.5. The van der Waals surface area contributed by atoms with Crippen LogP contribution in [-0.4, -0.2) is 68.1 Å². The van der Waals surface area contributed by atoms with Crippen LogP contribution in [-0.2, 0) is 19.0 Å². The van der Waals surface area contributed by atoms with E-state index in [9.17, 15) is 15.0 Å². The third-order valence-electron chi connectivity index (χ3n) is 10.6. The van der Waals surface area contributed by atoms with Crippen LogP contribution >= 0.6 is 0 Å². The molecule has 7 heteroatoms. The number of nitrogens with one attached hydrogen (secondary N) is 1. The van der Waals surface area contributed by atoms with Gasteiger partial charge in [0, 0.05) is 31.4 Å². The van der Waals surface area contributed by atoms with Crippen molar-refractivity contribution in [3.05, 3.63) is 0 Å². The minimum absolute atomic E-state index is 0.0581. The molecule has 0 aromatic heterocycles. The van der Waals surface area contributed by atoms with Gasteiger partial charge >= 0.3 is 5.97 Å². The van der Waals surface area contributed by atoms with E-state index in [0.29, 0.717) is 37.5 Å². The number of methoxy groups -OCH3 is 1. The van der Waals surface area contributed by atoms with Gasteiger partial charge in [0.1, 0.15) is 0 Å². The van der Waals surface area contributed by atoms with E-state index in [2.05, 4.69) is 19.2 Å². The Labute approximate surface area is 198 Å². The number of carbonyl (C=O) groups is 1. The normalized spacial score (nSPS) is 46.5. The summed E-state index contributed by atoms with van der Waals surface area (Å²) < 4.78 is 17.5. The lowest BCUT2D eigenvalue weighted by Crippen LogP contribution is -2.63. The first kappa shape index (κ1) is 25.4.